The zero-order chi connectivity index (χ0) is 21.6. The van der Waals surface area contributed by atoms with Crippen LogP contribution in [0.1, 0.15) is 6.42 Å². The van der Waals surface area contributed by atoms with Crippen LogP contribution in [0.2, 0.25) is 10.0 Å². The van der Waals surface area contributed by atoms with Crippen LogP contribution < -0.4 is 10.0 Å². The number of nitrogens with one attached hydrogen (secondary N) is 2. The molecule has 0 aromatic heterocycles. The van der Waals surface area contributed by atoms with Gasteiger partial charge in [-0.05, 0) is 72.8 Å². The van der Waals surface area contributed by atoms with Gasteiger partial charge in [0.2, 0.25) is 5.91 Å². The Balaban J connectivity index is 1.52. The first-order valence-electron chi connectivity index (χ1n) is 8.88. The summed E-state index contributed by atoms with van der Waals surface area (Å²) in [6.45, 7) is 0. The number of amides is 1. The summed E-state index contributed by atoms with van der Waals surface area (Å²) in [6, 6.07) is 19.8. The average molecular weight is 481 g/mol. The van der Waals surface area contributed by atoms with E-state index >= 15 is 0 Å². The molecule has 0 heterocycles. The Morgan fingerprint density at radius 3 is 1.93 bits per heavy atom. The van der Waals surface area contributed by atoms with E-state index in [9.17, 15) is 13.2 Å². The number of thioether (sulfide) groups is 1. The van der Waals surface area contributed by atoms with E-state index in [1.807, 2.05) is 12.1 Å². The summed E-state index contributed by atoms with van der Waals surface area (Å²) in [4.78, 5) is 13.2. The van der Waals surface area contributed by atoms with Gasteiger partial charge in [0.1, 0.15) is 0 Å². The number of rotatable bonds is 8. The third-order valence-electron chi connectivity index (χ3n) is 3.96. The van der Waals surface area contributed by atoms with Crippen LogP contribution in [0, 0.1) is 0 Å². The summed E-state index contributed by atoms with van der Waals surface area (Å²) in [5, 5.41) is 3.96. The Labute approximate surface area is 189 Å². The molecule has 0 aliphatic rings. The van der Waals surface area contributed by atoms with Crippen molar-refractivity contribution in [1.29, 1.82) is 0 Å². The van der Waals surface area contributed by atoms with E-state index in [4.69, 9.17) is 23.2 Å². The largest absolute Gasteiger partial charge is 0.326 e. The van der Waals surface area contributed by atoms with E-state index in [-0.39, 0.29) is 10.8 Å². The Morgan fingerprint density at radius 2 is 1.33 bits per heavy atom. The molecule has 3 rings (SSSR count). The van der Waals surface area contributed by atoms with Crippen LogP contribution in [0.5, 0.6) is 0 Å². The zero-order valence-corrected chi connectivity index (χ0v) is 18.8. The van der Waals surface area contributed by atoms with Gasteiger partial charge in [-0.2, -0.15) is 0 Å². The molecule has 0 spiro atoms. The first-order valence-corrected chi connectivity index (χ1v) is 12.1. The Kier molecular flexibility index (Phi) is 7.66. The topological polar surface area (TPSA) is 75.3 Å². The van der Waals surface area contributed by atoms with Gasteiger partial charge < -0.3 is 5.32 Å². The Bertz CT molecular complexity index is 1100. The maximum Gasteiger partial charge on any atom is 0.261 e. The molecule has 0 saturated carbocycles. The summed E-state index contributed by atoms with van der Waals surface area (Å²) < 4.78 is 27.4. The number of halogens is 2. The minimum Gasteiger partial charge on any atom is -0.326 e. The Morgan fingerprint density at radius 1 is 0.800 bits per heavy atom. The van der Waals surface area contributed by atoms with Gasteiger partial charge >= 0.3 is 0 Å². The molecule has 0 fully saturated rings. The second-order valence-electron chi connectivity index (χ2n) is 6.24. The maximum absolute atomic E-state index is 12.5. The lowest BCUT2D eigenvalue weighted by Crippen LogP contribution is -2.14. The molecule has 2 N–H and O–H groups in total. The van der Waals surface area contributed by atoms with Gasteiger partial charge in [0.15, 0.2) is 0 Å². The molecule has 0 aliphatic carbocycles. The predicted molar refractivity (Wildman–Crippen MR) is 124 cm³/mol. The summed E-state index contributed by atoms with van der Waals surface area (Å²) in [7, 11) is -3.74. The lowest BCUT2D eigenvalue weighted by Gasteiger charge is -2.10. The van der Waals surface area contributed by atoms with E-state index in [0.717, 1.165) is 4.90 Å². The second kappa shape index (κ2) is 10.2. The smallest absolute Gasteiger partial charge is 0.261 e. The molecular weight excluding hydrogens is 463 g/mol. The number of hydrogen-bond acceptors (Lipinski definition) is 4. The minimum absolute atomic E-state index is 0.0914. The molecule has 9 heteroatoms. The molecule has 3 aromatic carbocycles. The van der Waals surface area contributed by atoms with Crippen molar-refractivity contribution in [2.75, 3.05) is 15.8 Å². The molecule has 0 atom stereocenters. The molecule has 0 saturated heterocycles. The van der Waals surface area contributed by atoms with Gasteiger partial charge in [-0.3, -0.25) is 9.52 Å². The van der Waals surface area contributed by atoms with Crippen molar-refractivity contribution in [3.63, 3.8) is 0 Å². The van der Waals surface area contributed by atoms with E-state index < -0.39 is 10.0 Å². The van der Waals surface area contributed by atoms with Crippen LogP contribution in [-0.4, -0.2) is 20.1 Å². The standard InChI is InChI=1S/C21H18Cl2N2O3S2/c22-15-1-5-18(6-2-15)25-30(27,28)20-11-7-17(8-12-20)24-21(26)13-14-29-19-9-3-16(23)4-10-19/h1-12,25H,13-14H2,(H,24,26). The van der Waals surface area contributed by atoms with Gasteiger partial charge in [-0.1, -0.05) is 23.2 Å². The van der Waals surface area contributed by atoms with Gasteiger partial charge in [0.25, 0.3) is 10.0 Å². The lowest BCUT2D eigenvalue weighted by atomic mass is 10.3. The molecule has 30 heavy (non-hydrogen) atoms. The Hall–Kier alpha value is -2.19. The van der Waals surface area contributed by atoms with E-state index in [1.54, 1.807) is 60.3 Å². The van der Waals surface area contributed by atoms with Crippen LogP contribution in [0.4, 0.5) is 11.4 Å². The van der Waals surface area contributed by atoms with Crippen LogP contribution in [0.25, 0.3) is 0 Å². The highest BCUT2D eigenvalue weighted by Crippen LogP contribution is 2.22. The molecule has 5 nitrogen and oxygen atoms in total. The van der Waals surface area contributed by atoms with Gasteiger partial charge in [0.05, 0.1) is 4.90 Å². The molecule has 0 aliphatic heterocycles. The third kappa shape index (κ3) is 6.67. The summed E-state index contributed by atoms with van der Waals surface area (Å²) in [5.41, 5.74) is 0.942. The number of hydrogen-bond donors (Lipinski definition) is 2. The van der Waals surface area contributed by atoms with Crippen molar-refractivity contribution < 1.29 is 13.2 Å². The predicted octanol–water partition coefficient (Wildman–Crippen LogP) is 5.92. The number of carbonyl (C=O) groups is 1. The monoisotopic (exact) mass is 480 g/mol. The fraction of sp³-hybridized carbons (Fsp3) is 0.0952. The highest BCUT2D eigenvalue weighted by Gasteiger charge is 2.14. The van der Waals surface area contributed by atoms with Crippen molar-refractivity contribution in [2.45, 2.75) is 16.2 Å². The quantitative estimate of drug-likeness (QED) is 0.392. The SMILES string of the molecule is O=C(CCSc1ccc(Cl)cc1)Nc1ccc(S(=O)(=O)Nc2ccc(Cl)cc2)cc1. The number of sulfonamides is 1. The zero-order valence-electron chi connectivity index (χ0n) is 15.6. The van der Waals surface area contributed by atoms with Crippen LogP contribution >= 0.6 is 35.0 Å². The van der Waals surface area contributed by atoms with E-state index in [2.05, 4.69) is 10.0 Å². The molecule has 3 aromatic rings. The summed E-state index contributed by atoms with van der Waals surface area (Å²) in [5.74, 6) is 0.469. The highest BCUT2D eigenvalue weighted by atomic mass is 35.5. The fourth-order valence-corrected chi connectivity index (χ4v) is 4.63. The minimum atomic E-state index is -3.74. The molecule has 1 amide bonds. The summed E-state index contributed by atoms with van der Waals surface area (Å²) >= 11 is 13.2. The summed E-state index contributed by atoms with van der Waals surface area (Å²) in [6.07, 6.45) is 0.325. The number of carbonyl (C=O) groups excluding carboxylic acids is 1. The van der Waals surface area contributed by atoms with Crippen molar-refractivity contribution >= 4 is 62.3 Å². The number of anilines is 2. The normalized spacial score (nSPS) is 11.1. The first kappa shape index (κ1) is 22.5. The maximum atomic E-state index is 12.5. The van der Waals surface area contributed by atoms with Crippen molar-refractivity contribution in [3.05, 3.63) is 82.8 Å². The van der Waals surface area contributed by atoms with Crippen molar-refractivity contribution in [3.8, 4) is 0 Å². The molecule has 156 valence electrons. The van der Waals surface area contributed by atoms with Gasteiger partial charge in [0, 0.05) is 38.5 Å². The molecule has 0 bridgehead atoms. The molecule has 0 radical (unpaired) electrons. The average Bonchev–Trinajstić information content (AvgIpc) is 2.71. The van der Waals surface area contributed by atoms with Crippen molar-refractivity contribution in [2.24, 2.45) is 0 Å². The van der Waals surface area contributed by atoms with Crippen molar-refractivity contribution in [1.82, 2.24) is 0 Å². The van der Waals surface area contributed by atoms with Gasteiger partial charge in [-0.15, -0.1) is 11.8 Å². The lowest BCUT2D eigenvalue weighted by molar-refractivity contribution is -0.115. The number of benzene rings is 3. The molecule has 0 unspecified atom stereocenters. The third-order valence-corrected chi connectivity index (χ3v) is 6.87. The van der Waals surface area contributed by atoms with Crippen LogP contribution in [0.15, 0.2) is 82.6 Å². The molecular formula is C21H18Cl2N2O3S2. The highest BCUT2D eigenvalue weighted by molar-refractivity contribution is 7.99. The first-order chi connectivity index (χ1) is 14.3. The second-order valence-corrected chi connectivity index (χ2v) is 9.96. The fourth-order valence-electron chi connectivity index (χ4n) is 2.47. The van der Waals surface area contributed by atoms with E-state index in [0.29, 0.717) is 33.6 Å². The van der Waals surface area contributed by atoms with Crippen LogP contribution in [-0.2, 0) is 14.8 Å². The van der Waals surface area contributed by atoms with Crippen LogP contribution in [0.3, 0.4) is 0 Å². The van der Waals surface area contributed by atoms with Gasteiger partial charge in [-0.25, -0.2) is 8.42 Å². The van der Waals surface area contributed by atoms with E-state index in [1.165, 1.54) is 12.1 Å².